The summed E-state index contributed by atoms with van der Waals surface area (Å²) in [5, 5.41) is 0. The molecule has 0 fully saturated rings. The predicted molar refractivity (Wildman–Crippen MR) is 91.5 cm³/mol. The quantitative estimate of drug-likeness (QED) is 0.398. The van der Waals surface area contributed by atoms with E-state index >= 15 is 0 Å². The average molecular weight is 307 g/mol. The highest BCUT2D eigenvalue weighted by atomic mass is 16.2. The molecule has 1 unspecified atom stereocenters. The van der Waals surface area contributed by atoms with Gasteiger partial charge in [0, 0.05) is 17.2 Å². The first-order chi connectivity index (χ1) is 10.5. The van der Waals surface area contributed by atoms with Crippen molar-refractivity contribution in [1.82, 2.24) is 4.90 Å². The summed E-state index contributed by atoms with van der Waals surface area (Å²) in [5.41, 5.74) is 0.266. The molecule has 2 amide bonds. The van der Waals surface area contributed by atoms with Crippen LogP contribution in [0.5, 0.6) is 0 Å². The van der Waals surface area contributed by atoms with Crippen molar-refractivity contribution in [3.63, 3.8) is 0 Å². The molecule has 1 heterocycles. The third kappa shape index (κ3) is 4.96. The summed E-state index contributed by atoms with van der Waals surface area (Å²) >= 11 is 0. The third-order valence-electron chi connectivity index (χ3n) is 4.78. The number of rotatable bonds is 11. The largest absolute Gasteiger partial charge is 0.269 e. The van der Waals surface area contributed by atoms with Gasteiger partial charge in [-0.3, -0.25) is 14.5 Å². The smallest absolute Gasteiger partial charge is 0.257 e. The SMILES string of the molecule is CCCCCCCC(C)(CCCCC)N1C(=O)C=C(C)C1=O. The number of hydrogen-bond donors (Lipinski definition) is 0. The van der Waals surface area contributed by atoms with Gasteiger partial charge in [-0.25, -0.2) is 0 Å². The van der Waals surface area contributed by atoms with Crippen LogP contribution in [0.25, 0.3) is 0 Å². The van der Waals surface area contributed by atoms with Crippen LogP contribution in [0.1, 0.15) is 91.9 Å². The van der Waals surface area contributed by atoms with E-state index in [-0.39, 0.29) is 17.4 Å². The fourth-order valence-electron chi connectivity index (χ4n) is 3.31. The van der Waals surface area contributed by atoms with E-state index < -0.39 is 0 Å². The molecule has 0 aromatic carbocycles. The lowest BCUT2D eigenvalue weighted by Crippen LogP contribution is -2.50. The summed E-state index contributed by atoms with van der Waals surface area (Å²) in [7, 11) is 0. The van der Waals surface area contributed by atoms with Gasteiger partial charge in [-0.05, 0) is 26.7 Å². The first-order valence-corrected chi connectivity index (χ1v) is 9.03. The minimum atomic E-state index is -0.316. The Morgan fingerprint density at radius 2 is 1.41 bits per heavy atom. The Balaban J connectivity index is 2.69. The summed E-state index contributed by atoms with van der Waals surface area (Å²) in [6.45, 7) is 8.24. The van der Waals surface area contributed by atoms with Crippen LogP contribution in [0, 0.1) is 0 Å². The van der Waals surface area contributed by atoms with Gasteiger partial charge in [0.15, 0.2) is 0 Å². The zero-order valence-corrected chi connectivity index (χ0v) is 14.9. The zero-order valence-electron chi connectivity index (χ0n) is 14.9. The number of carbonyl (C=O) groups excluding carboxylic acids is 2. The second kappa shape index (κ2) is 9.12. The Bertz CT molecular complexity index is 414. The van der Waals surface area contributed by atoms with Gasteiger partial charge in [0.2, 0.25) is 0 Å². The van der Waals surface area contributed by atoms with E-state index in [1.54, 1.807) is 6.92 Å². The van der Waals surface area contributed by atoms with E-state index in [4.69, 9.17) is 0 Å². The Morgan fingerprint density at radius 3 is 1.91 bits per heavy atom. The molecule has 0 aliphatic carbocycles. The second-order valence-electron chi connectivity index (χ2n) is 6.92. The lowest BCUT2D eigenvalue weighted by atomic mass is 9.86. The highest BCUT2D eigenvalue weighted by molar-refractivity contribution is 6.16. The minimum Gasteiger partial charge on any atom is -0.269 e. The normalized spacial score (nSPS) is 17.8. The highest BCUT2D eigenvalue weighted by Crippen LogP contribution is 2.33. The molecular formula is C19H33NO2. The summed E-state index contributed by atoms with van der Waals surface area (Å²) < 4.78 is 0. The molecule has 1 aliphatic heterocycles. The molecule has 0 aromatic heterocycles. The Labute approximate surface area is 136 Å². The molecule has 0 aromatic rings. The molecule has 1 atom stereocenters. The maximum atomic E-state index is 12.4. The molecule has 126 valence electrons. The van der Waals surface area contributed by atoms with E-state index in [1.165, 1.54) is 36.7 Å². The van der Waals surface area contributed by atoms with Crippen molar-refractivity contribution in [1.29, 1.82) is 0 Å². The standard InChI is InChI=1S/C19H33NO2/c1-5-7-9-10-12-14-19(4,13-11-8-6-2)20-17(21)15-16(3)18(20)22/h15H,5-14H2,1-4H3. The molecule has 22 heavy (non-hydrogen) atoms. The molecule has 0 radical (unpaired) electrons. The van der Waals surface area contributed by atoms with Crippen molar-refractivity contribution < 1.29 is 9.59 Å². The van der Waals surface area contributed by atoms with Crippen LogP contribution in [-0.2, 0) is 9.59 Å². The number of unbranched alkanes of at least 4 members (excludes halogenated alkanes) is 6. The number of nitrogens with zero attached hydrogens (tertiary/aromatic N) is 1. The van der Waals surface area contributed by atoms with Gasteiger partial charge in [0.25, 0.3) is 11.8 Å². The number of amides is 2. The van der Waals surface area contributed by atoms with Crippen molar-refractivity contribution in [3.05, 3.63) is 11.6 Å². The lowest BCUT2D eigenvalue weighted by Gasteiger charge is -2.38. The van der Waals surface area contributed by atoms with Crippen molar-refractivity contribution in [2.75, 3.05) is 0 Å². The molecule has 3 heteroatoms. The van der Waals surface area contributed by atoms with Gasteiger partial charge in [-0.1, -0.05) is 65.2 Å². The van der Waals surface area contributed by atoms with Crippen molar-refractivity contribution >= 4 is 11.8 Å². The average Bonchev–Trinajstić information content (AvgIpc) is 2.72. The summed E-state index contributed by atoms with van der Waals surface area (Å²) in [6, 6.07) is 0. The van der Waals surface area contributed by atoms with E-state index in [1.807, 2.05) is 0 Å². The van der Waals surface area contributed by atoms with Gasteiger partial charge in [-0.2, -0.15) is 0 Å². The first kappa shape index (κ1) is 18.9. The third-order valence-corrected chi connectivity index (χ3v) is 4.78. The fourth-order valence-corrected chi connectivity index (χ4v) is 3.31. The van der Waals surface area contributed by atoms with E-state index in [0.29, 0.717) is 5.57 Å². The van der Waals surface area contributed by atoms with Crippen molar-refractivity contribution in [2.45, 2.75) is 97.4 Å². The lowest BCUT2D eigenvalue weighted by molar-refractivity contribution is -0.144. The second-order valence-corrected chi connectivity index (χ2v) is 6.92. The molecule has 0 saturated carbocycles. The maximum Gasteiger partial charge on any atom is 0.257 e. The first-order valence-electron chi connectivity index (χ1n) is 9.03. The fraction of sp³-hybridized carbons (Fsp3) is 0.789. The number of hydrogen-bond acceptors (Lipinski definition) is 2. The summed E-state index contributed by atoms with van der Waals surface area (Å²) in [6.07, 6.45) is 12.8. The van der Waals surface area contributed by atoms with Gasteiger partial charge >= 0.3 is 0 Å². The van der Waals surface area contributed by atoms with Crippen LogP contribution >= 0.6 is 0 Å². The molecule has 3 nitrogen and oxygen atoms in total. The van der Waals surface area contributed by atoms with Crippen molar-refractivity contribution in [3.8, 4) is 0 Å². The van der Waals surface area contributed by atoms with Gasteiger partial charge in [0.05, 0.1) is 0 Å². The topological polar surface area (TPSA) is 37.4 Å². The molecular weight excluding hydrogens is 274 g/mol. The maximum absolute atomic E-state index is 12.4. The van der Waals surface area contributed by atoms with E-state index in [0.717, 1.165) is 38.5 Å². The van der Waals surface area contributed by atoms with Gasteiger partial charge < -0.3 is 0 Å². The molecule has 0 bridgehead atoms. The molecule has 0 spiro atoms. The van der Waals surface area contributed by atoms with Gasteiger partial charge in [-0.15, -0.1) is 0 Å². The van der Waals surface area contributed by atoms with Crippen LogP contribution in [0.4, 0.5) is 0 Å². The number of carbonyl (C=O) groups is 2. The minimum absolute atomic E-state index is 0.0856. The van der Waals surface area contributed by atoms with E-state index in [2.05, 4.69) is 20.8 Å². The van der Waals surface area contributed by atoms with Crippen LogP contribution in [0.2, 0.25) is 0 Å². The summed E-state index contributed by atoms with van der Waals surface area (Å²) in [4.78, 5) is 26.1. The Hall–Kier alpha value is -1.12. The van der Waals surface area contributed by atoms with Gasteiger partial charge in [0.1, 0.15) is 0 Å². The van der Waals surface area contributed by atoms with E-state index in [9.17, 15) is 9.59 Å². The predicted octanol–water partition coefficient (Wildman–Crippen LogP) is 5.00. The molecule has 0 saturated heterocycles. The number of imide groups is 1. The van der Waals surface area contributed by atoms with Crippen LogP contribution < -0.4 is 0 Å². The highest BCUT2D eigenvalue weighted by Gasteiger charge is 2.41. The van der Waals surface area contributed by atoms with Crippen LogP contribution in [-0.4, -0.2) is 22.3 Å². The zero-order chi connectivity index (χ0) is 16.6. The molecule has 1 aliphatic rings. The van der Waals surface area contributed by atoms with Crippen LogP contribution in [0.3, 0.4) is 0 Å². The Kier molecular flexibility index (Phi) is 7.84. The monoisotopic (exact) mass is 307 g/mol. The Morgan fingerprint density at radius 1 is 0.909 bits per heavy atom. The van der Waals surface area contributed by atoms with Crippen molar-refractivity contribution in [2.24, 2.45) is 0 Å². The molecule has 1 rings (SSSR count). The van der Waals surface area contributed by atoms with Crippen LogP contribution in [0.15, 0.2) is 11.6 Å². The molecule has 0 N–H and O–H groups in total. The summed E-state index contributed by atoms with van der Waals surface area (Å²) in [5.74, 6) is -0.201.